The highest BCUT2D eigenvalue weighted by atomic mass is 19.1. The number of carbonyl (C=O) groups is 3. The van der Waals surface area contributed by atoms with Crippen molar-refractivity contribution in [3.63, 3.8) is 0 Å². The molecule has 1 aliphatic carbocycles. The first kappa shape index (κ1) is 44.5. The summed E-state index contributed by atoms with van der Waals surface area (Å²) in [5.41, 5.74) is 3.90. The van der Waals surface area contributed by atoms with Gasteiger partial charge in [0.15, 0.2) is 5.82 Å². The van der Waals surface area contributed by atoms with E-state index in [1.54, 1.807) is 17.2 Å². The summed E-state index contributed by atoms with van der Waals surface area (Å²) in [6.45, 7) is 8.27. The Bertz CT molecular complexity index is 3030. The van der Waals surface area contributed by atoms with Gasteiger partial charge in [-0.3, -0.25) is 34.5 Å². The summed E-state index contributed by atoms with van der Waals surface area (Å²) in [5, 5.41) is 18.7. The van der Waals surface area contributed by atoms with Gasteiger partial charge in [-0.05, 0) is 111 Å². The third-order valence-electron chi connectivity index (χ3n) is 17.3. The van der Waals surface area contributed by atoms with E-state index in [1.807, 2.05) is 30.3 Å². The number of ether oxygens (including phenoxy) is 1. The number of anilines is 2. The molecule has 3 amide bonds. The quantitative estimate of drug-likeness (QED) is 0.111. The van der Waals surface area contributed by atoms with E-state index in [1.165, 1.54) is 31.7 Å². The van der Waals surface area contributed by atoms with Gasteiger partial charge in [-0.15, -0.1) is 6.42 Å². The van der Waals surface area contributed by atoms with Gasteiger partial charge < -0.3 is 29.9 Å². The Morgan fingerprint density at radius 3 is 2.44 bits per heavy atom. The largest absolute Gasteiger partial charge is 0.508 e. The molecule has 8 aliphatic rings. The average Bonchev–Trinajstić information content (AvgIpc) is 3.87. The molecule has 16 heteroatoms. The lowest BCUT2D eigenvalue weighted by atomic mass is 9.89. The molecule has 0 radical (unpaired) electrons. The predicted molar refractivity (Wildman–Crippen MR) is 267 cm³/mol. The van der Waals surface area contributed by atoms with Crippen molar-refractivity contribution in [3.8, 4) is 35.4 Å². The molecule has 2 aromatic heterocycles. The van der Waals surface area contributed by atoms with Gasteiger partial charge in [0.2, 0.25) is 11.8 Å². The first-order valence-corrected chi connectivity index (χ1v) is 25.8. The van der Waals surface area contributed by atoms with Crippen LogP contribution >= 0.6 is 0 Å². The molecule has 3 aromatic carbocycles. The highest BCUT2D eigenvalue weighted by Gasteiger charge is 2.51. The van der Waals surface area contributed by atoms with Crippen molar-refractivity contribution >= 4 is 50.9 Å². The Balaban J connectivity index is 0.666. The summed E-state index contributed by atoms with van der Waals surface area (Å²) >= 11 is 0. The normalized spacial score (nSPS) is 27.1. The number of hydrogen-bond acceptors (Lipinski definition) is 13. The number of pyridine rings is 1. The van der Waals surface area contributed by atoms with E-state index in [-0.39, 0.29) is 52.5 Å². The molecule has 3 N–H and O–H groups in total. The van der Waals surface area contributed by atoms with Crippen LogP contribution in [0.4, 0.5) is 15.9 Å². The zero-order valence-electron chi connectivity index (χ0n) is 39.9. The smallest absolute Gasteiger partial charge is 0.319 e. The second-order valence-electron chi connectivity index (χ2n) is 21.8. The standard InChI is InChI=1S/C55H59FN10O5/c1-2-33-4-3-5-34-23-41(67)24-43(47(33)34)49-48(56)50-44(25-57-49)51(64-28-36-6-7-37(29-64)58-36)61-54(60-50)71-31-55(14-15-55)30-66-39-8-9-40(66)21-32(20-39)26-62-16-18-63(19-17-62)38-10-11-42-35(22-38)27-65(53(42)70)45-12-13-46(68)59-52(45)69/h1,3-5,10-11,22-25,32,36-37,39-40,45,58,67H,6-9,12-21,26-31H2,(H,59,68,69)/t32?,36?,37?,39?,40?,45-/m0/s1. The number of carbonyl (C=O) groups excluding carboxylic acids is 3. The topological polar surface area (TPSA) is 160 Å². The van der Waals surface area contributed by atoms with Gasteiger partial charge >= 0.3 is 6.01 Å². The summed E-state index contributed by atoms with van der Waals surface area (Å²) in [5.74, 6) is 2.61. The molecule has 71 heavy (non-hydrogen) atoms. The Labute approximate surface area is 412 Å². The highest BCUT2D eigenvalue weighted by Crippen LogP contribution is 2.51. The van der Waals surface area contributed by atoms with E-state index in [0.717, 1.165) is 89.3 Å². The van der Waals surface area contributed by atoms with Crippen molar-refractivity contribution < 1.29 is 28.6 Å². The maximum Gasteiger partial charge on any atom is 0.319 e. The van der Waals surface area contributed by atoms with Crippen LogP contribution in [0.3, 0.4) is 0 Å². The number of halogens is 1. The second-order valence-corrected chi connectivity index (χ2v) is 21.8. The SMILES string of the molecule is C#Cc1cccc2cc(O)cc(-c3ncc4c(N5CC6CCC(C5)N6)nc(OCC5(CN6C7CCC6CC(CN6CCN(c8ccc9c(c8)CN([C@H]8CCC(=O)NC8=O)C9=O)CC6)C7)CC5)nc4c3F)c12. The Morgan fingerprint density at radius 1 is 0.901 bits per heavy atom. The van der Waals surface area contributed by atoms with Crippen LogP contribution in [0.15, 0.2) is 54.7 Å². The summed E-state index contributed by atoms with van der Waals surface area (Å²) in [6.07, 6.45) is 17.4. The number of nitrogens with zero attached hydrogens (tertiary/aromatic N) is 8. The molecule has 7 aliphatic heterocycles. The van der Waals surface area contributed by atoms with Crippen LogP contribution in [0.25, 0.3) is 32.9 Å². The molecule has 7 fully saturated rings. The van der Waals surface area contributed by atoms with E-state index < -0.39 is 11.9 Å². The van der Waals surface area contributed by atoms with Gasteiger partial charge in [-0.1, -0.05) is 18.1 Å². The van der Waals surface area contributed by atoms with Crippen molar-refractivity contribution in [1.82, 2.24) is 40.3 Å². The molecular weight excluding hydrogens is 900 g/mol. The number of hydrogen-bond donors (Lipinski definition) is 3. The summed E-state index contributed by atoms with van der Waals surface area (Å²) in [6, 6.07) is 16.0. The minimum absolute atomic E-state index is 0.00122. The number of benzene rings is 3. The van der Waals surface area contributed by atoms with Crippen molar-refractivity contribution in [2.75, 3.05) is 68.8 Å². The molecule has 15 nitrogen and oxygen atoms in total. The Kier molecular flexibility index (Phi) is 10.9. The molecule has 0 spiro atoms. The van der Waals surface area contributed by atoms with E-state index in [4.69, 9.17) is 21.1 Å². The summed E-state index contributed by atoms with van der Waals surface area (Å²) in [7, 11) is 0. The fourth-order valence-electron chi connectivity index (χ4n) is 13.4. The number of aromatic hydroxyl groups is 1. The lowest BCUT2D eigenvalue weighted by Gasteiger charge is -2.43. The molecular formula is C55H59FN10O5. The minimum atomic E-state index is -0.610. The molecule has 5 aromatic rings. The van der Waals surface area contributed by atoms with Crippen LogP contribution in [0.1, 0.15) is 85.7 Å². The molecule has 4 bridgehead atoms. The van der Waals surface area contributed by atoms with Crippen LogP contribution in [-0.4, -0.2) is 142 Å². The number of phenols is 1. The number of piperazine rings is 2. The van der Waals surface area contributed by atoms with Gasteiger partial charge in [-0.25, -0.2) is 4.39 Å². The monoisotopic (exact) mass is 958 g/mol. The van der Waals surface area contributed by atoms with Crippen LogP contribution in [0.2, 0.25) is 0 Å². The van der Waals surface area contributed by atoms with Gasteiger partial charge in [0.25, 0.3) is 5.91 Å². The summed E-state index contributed by atoms with van der Waals surface area (Å²) in [4.78, 5) is 63.8. The first-order chi connectivity index (χ1) is 34.5. The van der Waals surface area contributed by atoms with E-state index in [9.17, 15) is 19.5 Å². The molecule has 9 heterocycles. The van der Waals surface area contributed by atoms with E-state index in [2.05, 4.69) is 47.2 Å². The molecule has 13 rings (SSSR count). The summed E-state index contributed by atoms with van der Waals surface area (Å²) < 4.78 is 23.8. The zero-order chi connectivity index (χ0) is 48.1. The predicted octanol–water partition coefficient (Wildman–Crippen LogP) is 5.60. The maximum absolute atomic E-state index is 17.2. The number of imide groups is 1. The highest BCUT2D eigenvalue weighted by molar-refractivity contribution is 6.06. The molecule has 4 unspecified atom stereocenters. The fraction of sp³-hybridized carbons (Fsp3) is 0.491. The molecule has 366 valence electrons. The van der Waals surface area contributed by atoms with Gasteiger partial charge in [0.1, 0.15) is 28.8 Å². The third-order valence-corrected chi connectivity index (χ3v) is 17.3. The van der Waals surface area contributed by atoms with Crippen molar-refractivity contribution in [2.45, 2.75) is 101 Å². The van der Waals surface area contributed by atoms with Crippen LogP contribution < -0.4 is 25.2 Å². The number of terminal acetylenes is 1. The second kappa shape index (κ2) is 17.4. The van der Waals surface area contributed by atoms with E-state index in [0.29, 0.717) is 88.3 Å². The van der Waals surface area contributed by atoms with Crippen LogP contribution in [-0.2, 0) is 16.1 Å². The maximum atomic E-state index is 17.2. The van der Waals surface area contributed by atoms with Crippen LogP contribution in [0, 0.1) is 29.5 Å². The van der Waals surface area contributed by atoms with E-state index >= 15 is 4.39 Å². The number of rotatable bonds is 11. The minimum Gasteiger partial charge on any atom is -0.508 e. The molecule has 5 atom stereocenters. The molecule has 6 saturated heterocycles. The number of phenolic OH excluding ortho intramolecular Hbond substituents is 1. The van der Waals surface area contributed by atoms with Gasteiger partial charge in [0.05, 0.1) is 12.0 Å². The van der Waals surface area contributed by atoms with Crippen molar-refractivity contribution in [2.24, 2.45) is 11.3 Å². The zero-order valence-corrected chi connectivity index (χ0v) is 39.9. The van der Waals surface area contributed by atoms with Gasteiger partial charge in [-0.2, -0.15) is 9.97 Å². The third kappa shape index (κ3) is 8.10. The lowest BCUT2D eigenvalue weighted by Crippen LogP contribution is -2.52. The lowest BCUT2D eigenvalue weighted by molar-refractivity contribution is -0.136. The Hall–Kier alpha value is -6.41. The number of aromatic nitrogens is 3. The number of amides is 3. The Morgan fingerprint density at radius 2 is 1.69 bits per heavy atom. The number of nitrogens with one attached hydrogen (secondary N) is 2. The van der Waals surface area contributed by atoms with Crippen LogP contribution in [0.5, 0.6) is 11.8 Å². The number of piperidine rings is 2. The average molecular weight is 959 g/mol. The van der Waals surface area contributed by atoms with Crippen molar-refractivity contribution in [1.29, 1.82) is 0 Å². The number of fused-ring (bicyclic) bond motifs is 7. The van der Waals surface area contributed by atoms with Crippen molar-refractivity contribution in [3.05, 3.63) is 77.2 Å². The molecule has 1 saturated carbocycles. The first-order valence-electron chi connectivity index (χ1n) is 25.8. The van der Waals surface area contributed by atoms with Gasteiger partial charge in [0, 0.05) is 129 Å². The fourth-order valence-corrected chi connectivity index (χ4v) is 13.4.